The molecule has 4 atom stereocenters. The van der Waals surface area contributed by atoms with Crippen LogP contribution >= 0.6 is 0 Å². The minimum atomic E-state index is -1.04. The first kappa shape index (κ1) is 28.4. The average molecular weight is 551 g/mol. The van der Waals surface area contributed by atoms with Gasteiger partial charge in [0.1, 0.15) is 30.0 Å². The molecule has 216 valence electrons. The summed E-state index contributed by atoms with van der Waals surface area (Å²) in [5, 5.41) is 21.4. The Morgan fingerprint density at radius 3 is 2.65 bits per heavy atom. The zero-order chi connectivity index (χ0) is 28.6. The first-order valence-electron chi connectivity index (χ1n) is 14.1. The van der Waals surface area contributed by atoms with Gasteiger partial charge in [0.05, 0.1) is 35.3 Å². The Bertz CT molecular complexity index is 1350. The highest BCUT2D eigenvalue weighted by Crippen LogP contribution is 2.36. The highest BCUT2D eigenvalue weighted by atomic mass is 16.5. The molecule has 5 rings (SSSR count). The maximum absolute atomic E-state index is 10.7. The molecule has 40 heavy (non-hydrogen) atoms. The van der Waals surface area contributed by atoms with E-state index in [9.17, 15) is 10.2 Å². The molecule has 0 unspecified atom stereocenters. The first-order valence-corrected chi connectivity index (χ1v) is 14.1. The average Bonchev–Trinajstić information content (AvgIpc) is 3.40. The van der Waals surface area contributed by atoms with Crippen molar-refractivity contribution in [3.05, 3.63) is 41.6 Å². The molecule has 11 heteroatoms. The number of nitrogens with one attached hydrogen (secondary N) is 1. The first-order chi connectivity index (χ1) is 19.0. The summed E-state index contributed by atoms with van der Waals surface area (Å²) in [6.45, 7) is 7.20. The molecule has 2 aliphatic rings. The molecule has 0 radical (unpaired) electrons. The van der Waals surface area contributed by atoms with E-state index in [-0.39, 0.29) is 17.7 Å². The van der Waals surface area contributed by atoms with Gasteiger partial charge in [-0.1, -0.05) is 26.8 Å². The molecule has 2 fully saturated rings. The van der Waals surface area contributed by atoms with Crippen LogP contribution in [0.25, 0.3) is 11.0 Å². The molecule has 1 aliphatic carbocycles. The van der Waals surface area contributed by atoms with Crippen LogP contribution in [-0.4, -0.2) is 85.4 Å². The van der Waals surface area contributed by atoms with Crippen molar-refractivity contribution in [2.24, 2.45) is 16.6 Å². The lowest BCUT2D eigenvalue weighted by molar-refractivity contribution is -0.0256. The Morgan fingerprint density at radius 1 is 1.18 bits per heavy atom. The number of aromatic nitrogens is 4. The lowest BCUT2D eigenvalue weighted by atomic mass is 9.76. The van der Waals surface area contributed by atoms with Gasteiger partial charge >= 0.3 is 0 Å². The standard InChI is InChI=1S/C29H42N8O3/c1-29(2,3)17-6-7-19-20(11-17)36-24(35-19)8-5-16-9-18(10-16)37(4)13-23-27(39)26(38)22(40-23)12-21-25(32-14-30)28(31)34-15-33-21/h6-7,11,14-16,18,22-23,26-27,38-39H,5,8-10,12-13H2,1-4H3,(H2,30,32)(H,35,36)(H2,31,33,34)/t16?,18?,22-,23+,26-,27+/m0/s1. The number of rotatable bonds is 9. The van der Waals surface area contributed by atoms with Gasteiger partial charge in [-0.3, -0.25) is 0 Å². The fourth-order valence-corrected chi connectivity index (χ4v) is 5.85. The molecular formula is C29H42N8O3. The molecule has 2 aromatic heterocycles. The van der Waals surface area contributed by atoms with Crippen LogP contribution in [0, 0.1) is 5.92 Å². The number of aliphatic imine (C=N–C) groups is 1. The Balaban J connectivity index is 1.10. The van der Waals surface area contributed by atoms with Crippen molar-refractivity contribution in [2.45, 2.75) is 88.7 Å². The topological polar surface area (TPSA) is 172 Å². The van der Waals surface area contributed by atoms with Crippen molar-refractivity contribution in [2.75, 3.05) is 19.3 Å². The summed E-state index contributed by atoms with van der Waals surface area (Å²) in [4.78, 5) is 22.8. The molecule has 11 nitrogen and oxygen atoms in total. The van der Waals surface area contributed by atoms with Crippen LogP contribution < -0.4 is 11.5 Å². The molecule has 1 saturated carbocycles. The number of aromatic amines is 1. The van der Waals surface area contributed by atoms with E-state index in [1.54, 1.807) is 0 Å². The van der Waals surface area contributed by atoms with Gasteiger partial charge in [0.2, 0.25) is 0 Å². The van der Waals surface area contributed by atoms with Crippen LogP contribution in [-0.2, 0) is 23.0 Å². The minimum absolute atomic E-state index is 0.111. The summed E-state index contributed by atoms with van der Waals surface area (Å²) < 4.78 is 6.10. The van der Waals surface area contributed by atoms with Crippen molar-refractivity contribution in [3.63, 3.8) is 0 Å². The number of aliphatic hydroxyl groups excluding tert-OH is 2. The van der Waals surface area contributed by atoms with Crippen LogP contribution in [0.2, 0.25) is 0 Å². The number of hydrogen-bond donors (Lipinski definition) is 5. The third kappa shape index (κ3) is 5.97. The van der Waals surface area contributed by atoms with Crippen LogP contribution in [0.15, 0.2) is 29.5 Å². The predicted octanol–water partition coefficient (Wildman–Crippen LogP) is 2.23. The molecular weight excluding hydrogens is 508 g/mol. The zero-order valence-corrected chi connectivity index (χ0v) is 23.8. The number of likely N-dealkylation sites (N-methyl/N-ethyl adjacent to an activating group) is 1. The monoisotopic (exact) mass is 550 g/mol. The van der Waals surface area contributed by atoms with Gasteiger partial charge in [-0.05, 0) is 55.3 Å². The second-order valence-electron chi connectivity index (χ2n) is 12.4. The summed E-state index contributed by atoms with van der Waals surface area (Å²) >= 11 is 0. The second-order valence-corrected chi connectivity index (χ2v) is 12.4. The number of nitrogens with zero attached hydrogens (tertiary/aromatic N) is 5. The normalized spacial score (nSPS) is 27.2. The molecule has 7 N–H and O–H groups in total. The number of anilines is 1. The van der Waals surface area contributed by atoms with Crippen molar-refractivity contribution in [3.8, 4) is 0 Å². The van der Waals surface area contributed by atoms with E-state index in [2.05, 4.69) is 70.9 Å². The number of aryl methyl sites for hydroxylation is 1. The molecule has 0 amide bonds. The Hall–Kier alpha value is -3.12. The highest BCUT2D eigenvalue weighted by Gasteiger charge is 2.44. The van der Waals surface area contributed by atoms with Crippen molar-refractivity contribution in [1.29, 1.82) is 0 Å². The van der Waals surface area contributed by atoms with Gasteiger partial charge in [0.15, 0.2) is 5.82 Å². The summed E-state index contributed by atoms with van der Waals surface area (Å²) in [5.74, 6) is 1.89. The van der Waals surface area contributed by atoms with Crippen molar-refractivity contribution >= 4 is 28.9 Å². The maximum atomic E-state index is 10.7. The molecule has 0 bridgehead atoms. The fraction of sp³-hybridized carbons (Fsp3) is 0.586. The van der Waals surface area contributed by atoms with E-state index < -0.39 is 24.4 Å². The number of H-pyrrole nitrogens is 1. The SMILES string of the molecule is CN(C[C@H]1O[C@@H](Cc2ncnc(N)c2N=CN)[C@H](O)[C@@H]1O)C1CC(CCc2nc3ccc(C(C)(C)C)cc3[nH]2)C1. The van der Waals surface area contributed by atoms with E-state index in [1.165, 1.54) is 11.9 Å². The quantitative estimate of drug-likeness (QED) is 0.198. The van der Waals surface area contributed by atoms with E-state index in [0.717, 1.165) is 48.9 Å². The summed E-state index contributed by atoms with van der Waals surface area (Å²) in [6.07, 6.45) is 3.76. The van der Waals surface area contributed by atoms with E-state index >= 15 is 0 Å². The lowest BCUT2D eigenvalue weighted by Gasteiger charge is -2.42. The van der Waals surface area contributed by atoms with Crippen LogP contribution in [0.3, 0.4) is 0 Å². The Kier molecular flexibility index (Phi) is 8.10. The van der Waals surface area contributed by atoms with E-state index in [0.29, 0.717) is 29.9 Å². The smallest absolute Gasteiger partial charge is 0.153 e. The Morgan fingerprint density at radius 2 is 1.93 bits per heavy atom. The van der Waals surface area contributed by atoms with Gasteiger partial charge in [-0.25, -0.2) is 19.9 Å². The van der Waals surface area contributed by atoms with Crippen molar-refractivity contribution in [1.82, 2.24) is 24.8 Å². The fourth-order valence-electron chi connectivity index (χ4n) is 5.85. The lowest BCUT2D eigenvalue weighted by Crippen LogP contribution is -2.47. The summed E-state index contributed by atoms with van der Waals surface area (Å²) in [5.41, 5.74) is 15.8. The van der Waals surface area contributed by atoms with Crippen LogP contribution in [0.4, 0.5) is 11.5 Å². The second kappa shape index (κ2) is 11.4. The third-order valence-corrected chi connectivity index (χ3v) is 8.47. The zero-order valence-electron chi connectivity index (χ0n) is 23.8. The number of nitrogen functional groups attached to an aromatic ring is 1. The number of benzene rings is 1. The number of fused-ring (bicyclic) bond motifs is 1. The molecule has 0 spiro atoms. The summed E-state index contributed by atoms with van der Waals surface area (Å²) in [6, 6.07) is 6.93. The van der Waals surface area contributed by atoms with E-state index in [4.69, 9.17) is 21.2 Å². The summed E-state index contributed by atoms with van der Waals surface area (Å²) in [7, 11) is 2.06. The largest absolute Gasteiger partial charge is 0.390 e. The minimum Gasteiger partial charge on any atom is -0.390 e. The van der Waals surface area contributed by atoms with Gasteiger partial charge in [0.25, 0.3) is 0 Å². The molecule has 3 heterocycles. The maximum Gasteiger partial charge on any atom is 0.153 e. The van der Waals surface area contributed by atoms with Crippen molar-refractivity contribution < 1.29 is 14.9 Å². The number of imidazole rings is 1. The van der Waals surface area contributed by atoms with E-state index in [1.807, 2.05) is 0 Å². The predicted molar refractivity (Wildman–Crippen MR) is 155 cm³/mol. The number of aliphatic hydroxyl groups is 2. The van der Waals surface area contributed by atoms with Crippen LogP contribution in [0.5, 0.6) is 0 Å². The van der Waals surface area contributed by atoms with Crippen LogP contribution in [0.1, 0.15) is 57.1 Å². The molecule has 3 aromatic rings. The van der Waals surface area contributed by atoms with Gasteiger partial charge < -0.3 is 36.3 Å². The third-order valence-electron chi connectivity index (χ3n) is 8.47. The molecule has 1 saturated heterocycles. The molecule has 1 aliphatic heterocycles. The number of nitrogens with two attached hydrogens (primary N) is 2. The number of ether oxygens (including phenoxy) is 1. The van der Waals surface area contributed by atoms with Gasteiger partial charge in [-0.2, -0.15) is 0 Å². The Labute approximate surface area is 235 Å². The molecule has 1 aromatic carbocycles. The van der Waals surface area contributed by atoms with Gasteiger partial charge in [0, 0.05) is 25.4 Å². The van der Waals surface area contributed by atoms with Gasteiger partial charge in [-0.15, -0.1) is 0 Å². The highest BCUT2D eigenvalue weighted by molar-refractivity contribution is 5.76. The number of hydrogen-bond acceptors (Lipinski definition) is 9.